The van der Waals surface area contributed by atoms with Gasteiger partial charge in [-0.2, -0.15) is 5.26 Å². The summed E-state index contributed by atoms with van der Waals surface area (Å²) in [6.45, 7) is 6.45. The van der Waals surface area contributed by atoms with Crippen LogP contribution in [0.15, 0.2) is 48.5 Å². The average Bonchev–Trinajstić information content (AvgIpc) is 3.20. The highest BCUT2D eigenvalue weighted by molar-refractivity contribution is 5.99. The molecule has 0 spiro atoms. The lowest BCUT2D eigenvalue weighted by Crippen LogP contribution is -2.39. The number of carbonyl (C=O) groups is 2. The second-order valence-corrected chi connectivity index (χ2v) is 8.80. The number of hydrogen-bond donors (Lipinski definition) is 2. The zero-order valence-corrected chi connectivity index (χ0v) is 19.3. The number of aromatic nitrogens is 1. The van der Waals surface area contributed by atoms with Crippen molar-refractivity contribution in [2.45, 2.75) is 39.2 Å². The quantitative estimate of drug-likeness (QED) is 0.586. The van der Waals surface area contributed by atoms with Crippen LogP contribution in [0.4, 0.5) is 4.39 Å². The average molecular weight is 457 g/mol. The minimum Gasteiger partial charge on any atom is -0.356 e. The first-order valence-electron chi connectivity index (χ1n) is 11.1. The van der Waals surface area contributed by atoms with Gasteiger partial charge in [-0.15, -0.1) is 0 Å². The monoisotopic (exact) mass is 456 g/mol. The molecule has 2 heterocycles. The molecule has 0 unspecified atom stereocenters. The van der Waals surface area contributed by atoms with E-state index in [1.165, 1.54) is 12.1 Å². The molecule has 6 nitrogen and oxygen atoms in total. The molecule has 1 aromatic heterocycles. The van der Waals surface area contributed by atoms with Crippen molar-refractivity contribution in [1.29, 1.82) is 5.26 Å². The molecule has 0 saturated carbocycles. The lowest BCUT2D eigenvalue weighted by Gasteiger charge is -2.24. The number of rotatable bonds is 6. The molecule has 172 valence electrons. The number of pyridine rings is 1. The molecule has 3 aromatic rings. The summed E-state index contributed by atoms with van der Waals surface area (Å²) in [4.78, 5) is 29.5. The number of benzene rings is 2. The SMILES string of the molecule is CCNC(=O)C(C)(C)c1ccc(Cc2cc(-c3c(F)cccc3C#N)nc3c2C(=O)NC3)cc1. The van der Waals surface area contributed by atoms with Crippen molar-refractivity contribution in [2.24, 2.45) is 0 Å². The van der Waals surface area contributed by atoms with Gasteiger partial charge in [0.2, 0.25) is 5.91 Å². The van der Waals surface area contributed by atoms with Crippen molar-refractivity contribution in [3.05, 3.63) is 87.9 Å². The highest BCUT2D eigenvalue weighted by atomic mass is 19.1. The first kappa shape index (κ1) is 23.1. The van der Waals surface area contributed by atoms with Crippen LogP contribution < -0.4 is 10.6 Å². The third-order valence-corrected chi connectivity index (χ3v) is 6.18. The van der Waals surface area contributed by atoms with Crippen molar-refractivity contribution in [2.75, 3.05) is 6.54 Å². The molecule has 0 aliphatic carbocycles. The van der Waals surface area contributed by atoms with Gasteiger partial charge in [-0.1, -0.05) is 30.3 Å². The molecule has 1 aliphatic heterocycles. The molecule has 2 aromatic carbocycles. The summed E-state index contributed by atoms with van der Waals surface area (Å²) in [6, 6.07) is 15.7. The third-order valence-electron chi connectivity index (χ3n) is 6.18. The van der Waals surface area contributed by atoms with Gasteiger partial charge in [0.25, 0.3) is 5.91 Å². The highest BCUT2D eigenvalue weighted by Crippen LogP contribution is 2.31. The molecule has 2 amide bonds. The topological polar surface area (TPSA) is 94.9 Å². The molecule has 4 rings (SSSR count). The highest BCUT2D eigenvalue weighted by Gasteiger charge is 2.30. The fourth-order valence-corrected chi connectivity index (χ4v) is 4.23. The standard InChI is InChI=1S/C27H25FN4O2/c1-4-30-26(34)27(2,3)19-10-8-16(9-11-19)12-18-13-21(32-22-15-31-25(33)24(18)22)23-17(14-29)6-5-7-20(23)28/h5-11,13H,4,12,15H2,1-3H3,(H,30,34)(H,31,33). The Morgan fingerprint density at radius 3 is 2.62 bits per heavy atom. The molecule has 34 heavy (non-hydrogen) atoms. The van der Waals surface area contributed by atoms with E-state index < -0.39 is 11.2 Å². The zero-order chi connectivity index (χ0) is 24.5. The number of nitriles is 1. The van der Waals surface area contributed by atoms with Crippen LogP contribution in [0.5, 0.6) is 0 Å². The van der Waals surface area contributed by atoms with Crippen LogP contribution in [0.1, 0.15) is 59.1 Å². The Labute approximate surface area is 197 Å². The summed E-state index contributed by atoms with van der Waals surface area (Å²) >= 11 is 0. The van der Waals surface area contributed by atoms with Crippen LogP contribution in [0.25, 0.3) is 11.3 Å². The van der Waals surface area contributed by atoms with E-state index in [0.717, 1.165) is 11.1 Å². The van der Waals surface area contributed by atoms with Gasteiger partial charge < -0.3 is 10.6 Å². The summed E-state index contributed by atoms with van der Waals surface area (Å²) < 4.78 is 14.7. The Kier molecular flexibility index (Phi) is 6.16. The van der Waals surface area contributed by atoms with E-state index >= 15 is 0 Å². The molecular formula is C27H25FN4O2. The number of halogens is 1. The maximum Gasteiger partial charge on any atom is 0.253 e. The van der Waals surface area contributed by atoms with Crippen molar-refractivity contribution in [3.63, 3.8) is 0 Å². The first-order chi connectivity index (χ1) is 16.3. The Hall–Kier alpha value is -4.05. The second kappa shape index (κ2) is 9.06. The van der Waals surface area contributed by atoms with Gasteiger partial charge in [0, 0.05) is 6.54 Å². The Balaban J connectivity index is 1.73. The number of amides is 2. The van der Waals surface area contributed by atoms with E-state index in [9.17, 15) is 19.2 Å². The van der Waals surface area contributed by atoms with Gasteiger partial charge in [-0.3, -0.25) is 9.59 Å². The van der Waals surface area contributed by atoms with E-state index in [4.69, 9.17) is 0 Å². The summed E-state index contributed by atoms with van der Waals surface area (Å²) in [5, 5.41) is 15.1. The predicted octanol–water partition coefficient (Wildman–Crippen LogP) is 4.01. The fraction of sp³-hybridized carbons (Fsp3) is 0.259. The minimum absolute atomic E-state index is 0.0470. The number of carbonyl (C=O) groups excluding carboxylic acids is 2. The number of fused-ring (bicyclic) bond motifs is 1. The summed E-state index contributed by atoms with van der Waals surface area (Å²) in [5.74, 6) is -0.798. The van der Waals surface area contributed by atoms with Crippen LogP contribution in [-0.2, 0) is 23.2 Å². The summed E-state index contributed by atoms with van der Waals surface area (Å²) in [6.07, 6.45) is 0.420. The second-order valence-electron chi connectivity index (χ2n) is 8.80. The van der Waals surface area contributed by atoms with E-state index in [2.05, 4.69) is 15.6 Å². The van der Waals surface area contributed by atoms with Gasteiger partial charge in [-0.25, -0.2) is 9.37 Å². The van der Waals surface area contributed by atoms with Crippen LogP contribution in [0, 0.1) is 17.1 Å². The van der Waals surface area contributed by atoms with Crippen LogP contribution in [0.3, 0.4) is 0 Å². The van der Waals surface area contributed by atoms with Crippen LogP contribution in [0.2, 0.25) is 0 Å². The lowest BCUT2D eigenvalue weighted by molar-refractivity contribution is -0.125. The van der Waals surface area contributed by atoms with Crippen molar-refractivity contribution in [1.82, 2.24) is 15.6 Å². The molecule has 0 saturated heterocycles. The number of nitrogens with zero attached hydrogens (tertiary/aromatic N) is 2. The van der Waals surface area contributed by atoms with Gasteiger partial charge in [0.05, 0.1) is 46.1 Å². The third kappa shape index (κ3) is 4.15. The largest absolute Gasteiger partial charge is 0.356 e. The van der Waals surface area contributed by atoms with E-state index in [0.29, 0.717) is 35.5 Å². The minimum atomic E-state index is -0.682. The molecule has 1 aliphatic rings. The first-order valence-corrected chi connectivity index (χ1v) is 11.1. The van der Waals surface area contributed by atoms with Crippen LogP contribution >= 0.6 is 0 Å². The Morgan fingerprint density at radius 2 is 1.94 bits per heavy atom. The lowest BCUT2D eigenvalue weighted by atomic mass is 9.83. The van der Waals surface area contributed by atoms with E-state index in [-0.39, 0.29) is 29.5 Å². The molecule has 0 radical (unpaired) electrons. The van der Waals surface area contributed by atoms with Gasteiger partial charge in [-0.05, 0) is 62.1 Å². The molecule has 7 heteroatoms. The molecule has 0 atom stereocenters. The van der Waals surface area contributed by atoms with Crippen molar-refractivity contribution >= 4 is 11.8 Å². The Morgan fingerprint density at radius 1 is 1.21 bits per heavy atom. The van der Waals surface area contributed by atoms with Crippen molar-refractivity contribution in [3.8, 4) is 17.3 Å². The molecular weight excluding hydrogens is 431 g/mol. The van der Waals surface area contributed by atoms with Gasteiger partial charge >= 0.3 is 0 Å². The smallest absolute Gasteiger partial charge is 0.253 e. The fourth-order valence-electron chi connectivity index (χ4n) is 4.23. The number of nitrogens with one attached hydrogen (secondary N) is 2. The molecule has 2 N–H and O–H groups in total. The van der Waals surface area contributed by atoms with Gasteiger partial charge in [0.15, 0.2) is 0 Å². The van der Waals surface area contributed by atoms with Gasteiger partial charge in [0.1, 0.15) is 5.82 Å². The van der Waals surface area contributed by atoms with E-state index in [1.54, 1.807) is 12.1 Å². The zero-order valence-electron chi connectivity index (χ0n) is 19.3. The number of likely N-dealkylation sites (N-methyl/N-ethyl adjacent to an activating group) is 1. The maximum absolute atomic E-state index is 14.7. The Bertz CT molecular complexity index is 1320. The molecule has 0 fully saturated rings. The maximum atomic E-state index is 14.7. The summed E-state index contributed by atoms with van der Waals surface area (Å²) in [7, 11) is 0. The van der Waals surface area contributed by atoms with Crippen molar-refractivity contribution < 1.29 is 14.0 Å². The predicted molar refractivity (Wildman–Crippen MR) is 126 cm³/mol. The molecule has 0 bridgehead atoms. The number of hydrogen-bond acceptors (Lipinski definition) is 4. The summed E-state index contributed by atoms with van der Waals surface area (Å²) in [5.41, 5.74) is 3.52. The normalized spacial score (nSPS) is 12.6. The van der Waals surface area contributed by atoms with E-state index in [1.807, 2.05) is 51.1 Å². The van der Waals surface area contributed by atoms with Crippen LogP contribution in [-0.4, -0.2) is 23.3 Å².